The molecule has 0 aromatic heterocycles. The molecule has 0 aliphatic carbocycles. The third-order valence-corrected chi connectivity index (χ3v) is 2.32. The van der Waals surface area contributed by atoms with E-state index in [2.05, 4.69) is 10.6 Å². The number of amidine groups is 2. The minimum atomic E-state index is -2.44. The molecule has 2 heterocycles. The van der Waals surface area contributed by atoms with Gasteiger partial charge in [-0.05, 0) is 0 Å². The molecule has 15 heteroatoms. The van der Waals surface area contributed by atoms with Gasteiger partial charge in [0.2, 0.25) is 0 Å². The number of quaternary nitrogens is 2. The zero-order valence-electron chi connectivity index (χ0n) is 13.5. The van der Waals surface area contributed by atoms with Crippen LogP contribution in [0.5, 0.6) is 0 Å². The van der Waals surface area contributed by atoms with E-state index in [4.69, 9.17) is 21.0 Å². The first-order valence-electron chi connectivity index (χ1n) is 6.64. The first-order chi connectivity index (χ1) is 12.0. The summed E-state index contributed by atoms with van der Waals surface area (Å²) in [6.45, 7) is 0. The van der Waals surface area contributed by atoms with Gasteiger partial charge in [-0.25, -0.2) is 20.2 Å². The summed E-state index contributed by atoms with van der Waals surface area (Å²) in [5.74, 6) is -3.82. The van der Waals surface area contributed by atoms with Gasteiger partial charge in [-0.1, -0.05) is 0 Å². The van der Waals surface area contributed by atoms with Crippen molar-refractivity contribution in [1.29, 1.82) is 10.8 Å². The van der Waals surface area contributed by atoms with Crippen molar-refractivity contribution in [1.82, 2.24) is 10.6 Å². The van der Waals surface area contributed by atoms with E-state index in [1.165, 1.54) is 22.8 Å². The maximum atomic E-state index is 10.3. The molecular formula is C12H18N6O9. The van der Waals surface area contributed by atoms with Crippen molar-refractivity contribution in [2.24, 2.45) is 0 Å². The number of urea groups is 2. The number of aliphatic carboxylic acids is 2. The predicted molar refractivity (Wildman–Crippen MR) is 80.3 cm³/mol. The van der Waals surface area contributed by atoms with Gasteiger partial charge in [-0.15, -0.1) is 0 Å². The van der Waals surface area contributed by atoms with Crippen LogP contribution in [0.1, 0.15) is 0 Å². The molecule has 2 aliphatic rings. The number of hydrogen-bond acceptors (Lipinski definition) is 10. The van der Waals surface area contributed by atoms with Crippen LogP contribution in [0.25, 0.3) is 0 Å². The lowest BCUT2D eigenvalue weighted by Crippen LogP contribution is -2.87. The molecule has 27 heavy (non-hydrogen) atoms. The molecule has 0 saturated heterocycles. The average Bonchev–Trinajstić information content (AvgIpc) is 2.54. The summed E-state index contributed by atoms with van der Waals surface area (Å²) in [5, 5.41) is 56.8. The third kappa shape index (κ3) is 11.6. The molecular weight excluding hydrogens is 372 g/mol. The summed E-state index contributed by atoms with van der Waals surface area (Å²) in [6.07, 6.45) is 1.24. The Bertz CT molecular complexity index is 604. The lowest BCUT2D eigenvalue weighted by Gasteiger charge is -2.18. The normalized spacial score (nSPS) is 16.8. The molecule has 0 aromatic rings. The van der Waals surface area contributed by atoms with E-state index in [1.54, 1.807) is 12.4 Å². The fourth-order valence-electron chi connectivity index (χ4n) is 1.15. The van der Waals surface area contributed by atoms with Crippen LogP contribution in [0.2, 0.25) is 0 Å². The monoisotopic (exact) mass is 390 g/mol. The summed E-state index contributed by atoms with van der Waals surface area (Å²) < 4.78 is 0. The van der Waals surface area contributed by atoms with Crippen molar-refractivity contribution in [3.63, 3.8) is 0 Å². The second kappa shape index (κ2) is 12.8. The predicted octanol–water partition coefficient (Wildman–Crippen LogP) is -8.09. The Morgan fingerprint density at radius 1 is 0.889 bits per heavy atom. The number of nitrogens with one attached hydrogen (secondary N) is 4. The van der Waals surface area contributed by atoms with Gasteiger partial charge in [0.1, 0.15) is 36.3 Å². The van der Waals surface area contributed by atoms with E-state index in [9.17, 15) is 29.4 Å². The highest BCUT2D eigenvalue weighted by Gasteiger charge is 2.17. The van der Waals surface area contributed by atoms with Gasteiger partial charge in [-0.3, -0.25) is 21.5 Å². The minimum Gasteiger partial charge on any atom is -0.547 e. The van der Waals surface area contributed by atoms with E-state index in [1.807, 2.05) is 0 Å². The van der Waals surface area contributed by atoms with Crippen molar-refractivity contribution >= 4 is 35.7 Å². The van der Waals surface area contributed by atoms with Crippen LogP contribution in [0, 0.1) is 10.8 Å². The lowest BCUT2D eigenvalue weighted by atomic mass is 10.2. The molecule has 0 spiro atoms. The van der Waals surface area contributed by atoms with E-state index in [0.29, 0.717) is 0 Å². The van der Waals surface area contributed by atoms with E-state index >= 15 is 0 Å². The Balaban J connectivity index is 0. The summed E-state index contributed by atoms with van der Waals surface area (Å²) >= 11 is 0. The number of nitrogens with two attached hydrogens (primary N) is 2. The van der Waals surface area contributed by atoms with E-state index < -0.39 is 24.1 Å². The lowest BCUT2D eigenvalue weighted by molar-refractivity contribution is -0.482. The molecule has 2 atom stereocenters. The van der Waals surface area contributed by atoms with Crippen LogP contribution in [0.4, 0.5) is 9.59 Å². The highest BCUT2D eigenvalue weighted by molar-refractivity contribution is 6.01. The number of carbonyl (C=O) groups excluding carboxylic acids is 4. The first kappa shape index (κ1) is 25.7. The molecule has 12 N–H and O–H groups in total. The molecule has 0 fully saturated rings. The quantitative estimate of drug-likeness (QED) is 0.228. The van der Waals surface area contributed by atoms with E-state index in [-0.39, 0.29) is 29.2 Å². The standard InChI is InChI=1S/2C4H5N3O.C4H6O6.H2O/c2*5-3-1-2-6-4(8)7-3;5-1(3(7)8)2(6)4(9)10;/h2*1-2H,(H3,5,6,7,8);1-2,5-6H,(H,7,8)(H,9,10);1H2. The Labute approximate surface area is 150 Å². The Morgan fingerprint density at radius 2 is 1.19 bits per heavy atom. The van der Waals surface area contributed by atoms with Gasteiger partial charge in [0.25, 0.3) is 0 Å². The van der Waals surface area contributed by atoms with E-state index in [0.717, 1.165) is 0 Å². The summed E-state index contributed by atoms with van der Waals surface area (Å²) in [6, 6.07) is -0.449. The summed E-state index contributed by atoms with van der Waals surface area (Å²) in [5.41, 5.74) is 0. The molecule has 4 amide bonds. The van der Waals surface area contributed by atoms with Crippen molar-refractivity contribution < 1.29 is 55.7 Å². The Hall–Kier alpha value is -3.50. The third-order valence-electron chi connectivity index (χ3n) is 2.32. The van der Waals surface area contributed by atoms with Crippen LogP contribution in [0.15, 0.2) is 24.6 Å². The van der Waals surface area contributed by atoms with Crippen LogP contribution in [-0.2, 0) is 9.59 Å². The molecule has 2 rings (SSSR count). The summed E-state index contributed by atoms with van der Waals surface area (Å²) in [4.78, 5) is 39.9. The molecule has 0 aromatic carbocycles. The molecule has 0 saturated carbocycles. The second-order valence-electron chi connectivity index (χ2n) is 4.39. The highest BCUT2D eigenvalue weighted by Crippen LogP contribution is 1.89. The maximum absolute atomic E-state index is 10.3. The SMILES string of the molecule is N=C1C=C[NH2+]C(=O)N1.N=C1C=C[NH2+]C(=O)N1.O.O=C([O-])C(O)C(O)C(=O)[O-]. The number of primary amides is 2. The van der Waals surface area contributed by atoms with Gasteiger partial charge < -0.3 is 35.5 Å². The number of aliphatic hydroxyl groups is 2. The molecule has 150 valence electrons. The van der Waals surface area contributed by atoms with Crippen molar-refractivity contribution in [3.8, 4) is 0 Å². The van der Waals surface area contributed by atoms with Crippen molar-refractivity contribution in [3.05, 3.63) is 24.6 Å². The van der Waals surface area contributed by atoms with Crippen LogP contribution in [0.3, 0.4) is 0 Å². The Kier molecular flexibility index (Phi) is 12.2. The molecule has 0 radical (unpaired) electrons. The van der Waals surface area contributed by atoms with Crippen molar-refractivity contribution in [2.75, 3.05) is 0 Å². The molecule has 0 bridgehead atoms. The zero-order chi connectivity index (χ0) is 20.3. The van der Waals surface area contributed by atoms with Gasteiger partial charge in [0.05, 0.1) is 11.9 Å². The van der Waals surface area contributed by atoms with Crippen LogP contribution in [-0.4, -0.2) is 63.6 Å². The fraction of sp³-hybridized carbons (Fsp3) is 0.167. The largest absolute Gasteiger partial charge is 0.547 e. The minimum absolute atomic E-state index is 0. The number of amides is 4. The van der Waals surface area contributed by atoms with Gasteiger partial charge in [0.15, 0.2) is 0 Å². The highest BCUT2D eigenvalue weighted by atomic mass is 16.4. The number of aliphatic hydroxyl groups excluding tert-OH is 2. The maximum Gasteiger partial charge on any atom is 0.423 e. The number of rotatable bonds is 3. The first-order valence-corrected chi connectivity index (χ1v) is 6.64. The molecule has 2 unspecified atom stereocenters. The molecule has 2 aliphatic heterocycles. The smallest absolute Gasteiger partial charge is 0.423 e. The molecule has 15 nitrogen and oxygen atoms in total. The second-order valence-corrected chi connectivity index (χ2v) is 4.39. The number of carboxylic acid groups (broad SMARTS) is 2. The van der Waals surface area contributed by atoms with Crippen LogP contribution >= 0.6 is 0 Å². The number of carboxylic acids is 2. The van der Waals surface area contributed by atoms with Gasteiger partial charge in [-0.2, -0.15) is 0 Å². The average molecular weight is 390 g/mol. The number of carbonyl (C=O) groups is 4. The van der Waals surface area contributed by atoms with Gasteiger partial charge in [0, 0.05) is 12.2 Å². The zero-order valence-corrected chi connectivity index (χ0v) is 13.5. The van der Waals surface area contributed by atoms with Crippen LogP contribution < -0.4 is 31.5 Å². The fourth-order valence-corrected chi connectivity index (χ4v) is 1.15. The topological polar surface area (TPSA) is 291 Å². The Morgan fingerprint density at radius 3 is 1.33 bits per heavy atom. The van der Waals surface area contributed by atoms with Crippen molar-refractivity contribution in [2.45, 2.75) is 12.2 Å². The summed E-state index contributed by atoms with van der Waals surface area (Å²) in [7, 11) is 0. The number of hydrogen-bond donors (Lipinski definition) is 8. The van der Waals surface area contributed by atoms with Gasteiger partial charge >= 0.3 is 12.1 Å².